The lowest BCUT2D eigenvalue weighted by molar-refractivity contribution is 0.238. The average Bonchev–Trinajstić information content (AvgIpc) is 3.47. The topological polar surface area (TPSA) is 108 Å². The molecule has 2 aromatic carbocycles. The minimum absolute atomic E-state index is 0.0639. The van der Waals surface area contributed by atoms with Crippen LogP contribution in [0.4, 0.5) is 23.1 Å². The van der Waals surface area contributed by atoms with Crippen LogP contribution in [0, 0.1) is 6.92 Å². The van der Waals surface area contributed by atoms with Gasteiger partial charge in [0.05, 0.1) is 6.27 Å². The van der Waals surface area contributed by atoms with Crippen LogP contribution in [0.1, 0.15) is 52.7 Å². The van der Waals surface area contributed by atoms with E-state index < -0.39 is 41.0 Å². The van der Waals surface area contributed by atoms with Crippen molar-refractivity contribution < 1.29 is 26.9 Å². The number of hydrogen-bond donors (Lipinski definition) is 3. The molecule has 0 saturated carbocycles. The summed E-state index contributed by atoms with van der Waals surface area (Å²) in [5.41, 5.74) is -2.75. The molecule has 1 saturated heterocycles. The summed E-state index contributed by atoms with van der Waals surface area (Å²) in [6.07, 6.45) is 2.29. The molecule has 0 radical (unpaired) electrons. The van der Waals surface area contributed by atoms with Crippen LogP contribution in [0.15, 0.2) is 59.6 Å². The lowest BCUT2D eigenvalue weighted by Crippen LogP contribution is -2.40. The van der Waals surface area contributed by atoms with E-state index in [9.17, 15) is 8.42 Å². The molecule has 10 heteroatoms. The number of nitrogens with zero attached hydrogens (tertiary/aromatic N) is 3. The zero-order chi connectivity index (χ0) is 34.8. The van der Waals surface area contributed by atoms with E-state index in [4.69, 9.17) is 18.4 Å². The SMILES string of the molecule is [2H]c1nc(Nc2ccc(OCCN3CCCC3)cc2)nc(Nc2cccc(S(=O)(=O)NC(C([2H])([2H])[2H])(C([2H])([2H])[2H])C([2H])([2H])[2H])c2)c1C. The Morgan fingerprint density at radius 3 is 2.57 bits per heavy atom. The second kappa shape index (κ2) is 11.5. The van der Waals surface area contributed by atoms with Crippen LogP contribution in [0.2, 0.25) is 0 Å². The van der Waals surface area contributed by atoms with Crippen molar-refractivity contribution in [2.45, 2.75) is 50.8 Å². The number of aromatic nitrogens is 2. The Morgan fingerprint density at radius 2 is 1.84 bits per heavy atom. The molecule has 0 atom stereocenters. The smallest absolute Gasteiger partial charge is 0.241 e. The van der Waals surface area contributed by atoms with Gasteiger partial charge in [-0.15, -0.1) is 0 Å². The van der Waals surface area contributed by atoms with Crippen LogP contribution >= 0.6 is 0 Å². The average molecular weight is 535 g/mol. The van der Waals surface area contributed by atoms with Gasteiger partial charge < -0.3 is 15.4 Å². The Bertz CT molecular complexity index is 1620. The molecule has 3 N–H and O–H groups in total. The predicted octanol–water partition coefficient (Wildman–Crippen LogP) is 4.82. The molecule has 0 spiro atoms. The van der Waals surface area contributed by atoms with Crippen LogP contribution < -0.4 is 20.1 Å². The molecular formula is C27H36N6O3S. The Hall–Kier alpha value is -3.21. The van der Waals surface area contributed by atoms with Gasteiger partial charge in [0.1, 0.15) is 18.2 Å². The number of ether oxygens (including phenoxy) is 1. The third-order valence-corrected chi connectivity index (χ3v) is 7.03. The van der Waals surface area contributed by atoms with Gasteiger partial charge in [0.2, 0.25) is 16.0 Å². The van der Waals surface area contributed by atoms with Crippen LogP contribution in [0.25, 0.3) is 0 Å². The van der Waals surface area contributed by atoms with E-state index in [0.717, 1.165) is 31.8 Å². The first kappa shape index (κ1) is 16.6. The molecule has 1 fully saturated rings. The van der Waals surface area contributed by atoms with Crippen molar-refractivity contribution in [1.29, 1.82) is 0 Å². The summed E-state index contributed by atoms with van der Waals surface area (Å²) in [7, 11) is -5.03. The van der Waals surface area contributed by atoms with E-state index in [-0.39, 0.29) is 23.6 Å². The van der Waals surface area contributed by atoms with Crippen LogP contribution in [-0.4, -0.2) is 55.1 Å². The first-order valence-electron chi connectivity index (χ1n) is 16.7. The summed E-state index contributed by atoms with van der Waals surface area (Å²) in [4.78, 5) is 10.3. The summed E-state index contributed by atoms with van der Waals surface area (Å²) in [5.74, 6) is 0.897. The van der Waals surface area contributed by atoms with Crippen LogP contribution in [0.3, 0.4) is 0 Å². The Morgan fingerprint density at radius 1 is 1.08 bits per heavy atom. The largest absolute Gasteiger partial charge is 0.492 e. The molecule has 0 amide bonds. The molecule has 0 aliphatic carbocycles. The van der Waals surface area contributed by atoms with E-state index in [1.165, 1.54) is 29.7 Å². The van der Waals surface area contributed by atoms with Gasteiger partial charge in [0.15, 0.2) is 0 Å². The third-order valence-electron chi connectivity index (χ3n) is 5.58. The van der Waals surface area contributed by atoms with Gasteiger partial charge in [-0.3, -0.25) is 4.90 Å². The molecule has 9 nitrogen and oxygen atoms in total. The summed E-state index contributed by atoms with van der Waals surface area (Å²) in [6, 6.07) is 11.9. The first-order valence-corrected chi connectivity index (χ1v) is 13.2. The molecule has 4 rings (SSSR count). The van der Waals surface area contributed by atoms with E-state index in [2.05, 4.69) is 25.5 Å². The summed E-state index contributed by atoms with van der Waals surface area (Å²) in [5, 5.41) is 5.92. The maximum atomic E-state index is 13.3. The number of likely N-dealkylation sites (tertiary alicyclic amines) is 1. The van der Waals surface area contributed by atoms with Gasteiger partial charge >= 0.3 is 0 Å². The van der Waals surface area contributed by atoms with Crippen molar-refractivity contribution in [3.63, 3.8) is 0 Å². The standard InChI is InChI=1S/C27H36N6O3S/c1-20-19-28-26(30-21-10-12-23(13-11-21)36-17-16-33-14-5-6-15-33)31-25(20)29-22-8-7-9-24(18-22)37(34,35)32-27(2,3)4/h7-13,18-19,32H,5-6,14-17H2,1-4H3,(H2,28,29,30,31)/i2D3,3D3,4D3,19D. The van der Waals surface area contributed by atoms with Crippen LogP contribution in [-0.2, 0) is 10.0 Å². The van der Waals surface area contributed by atoms with Crippen molar-refractivity contribution >= 4 is 33.2 Å². The van der Waals surface area contributed by atoms with Crippen molar-refractivity contribution in [2.75, 3.05) is 36.9 Å². The highest BCUT2D eigenvalue weighted by Crippen LogP contribution is 2.24. The molecule has 198 valence electrons. The summed E-state index contributed by atoms with van der Waals surface area (Å²) >= 11 is 0. The fourth-order valence-electron chi connectivity index (χ4n) is 3.78. The second-order valence-corrected chi connectivity index (χ2v) is 10.4. The monoisotopic (exact) mass is 534 g/mol. The van der Waals surface area contributed by atoms with E-state index in [1.807, 2.05) is 0 Å². The van der Waals surface area contributed by atoms with Gasteiger partial charge in [-0.05, 0) is 95.9 Å². The number of rotatable bonds is 10. The normalized spacial score (nSPS) is 19.5. The van der Waals surface area contributed by atoms with Gasteiger partial charge in [-0.1, -0.05) is 6.07 Å². The quantitative estimate of drug-likeness (QED) is 0.340. The molecule has 1 aromatic heterocycles. The minimum atomic E-state index is -5.03. The number of benzene rings is 2. The van der Waals surface area contributed by atoms with Crippen molar-refractivity contribution in [3.8, 4) is 5.75 Å². The summed E-state index contributed by atoms with van der Waals surface area (Å²) < 4.78 is 112. The van der Waals surface area contributed by atoms with E-state index in [0.29, 0.717) is 23.6 Å². The molecule has 1 aliphatic rings. The van der Waals surface area contributed by atoms with Gasteiger partial charge in [0, 0.05) is 47.5 Å². The molecular weight excluding hydrogens is 488 g/mol. The lowest BCUT2D eigenvalue weighted by atomic mass is 10.1. The maximum Gasteiger partial charge on any atom is 0.241 e. The number of hydrogen-bond acceptors (Lipinski definition) is 8. The van der Waals surface area contributed by atoms with Crippen LogP contribution in [0.5, 0.6) is 5.75 Å². The molecule has 37 heavy (non-hydrogen) atoms. The molecule has 3 aromatic rings. The maximum absolute atomic E-state index is 13.3. The van der Waals surface area contributed by atoms with E-state index in [1.54, 1.807) is 31.2 Å². The molecule has 0 bridgehead atoms. The summed E-state index contributed by atoms with van der Waals surface area (Å²) in [6.45, 7) is -6.15. The van der Waals surface area contributed by atoms with Gasteiger partial charge in [-0.2, -0.15) is 4.98 Å². The lowest BCUT2D eigenvalue weighted by Gasteiger charge is -2.20. The molecule has 0 unspecified atom stereocenters. The minimum Gasteiger partial charge on any atom is -0.492 e. The fraction of sp³-hybridized carbons (Fsp3) is 0.407. The number of sulfonamides is 1. The highest BCUT2D eigenvalue weighted by atomic mass is 32.2. The van der Waals surface area contributed by atoms with Crippen molar-refractivity contribution in [3.05, 3.63) is 60.3 Å². The zero-order valence-electron chi connectivity index (χ0n) is 30.3. The fourth-order valence-corrected chi connectivity index (χ4v) is 4.84. The van der Waals surface area contributed by atoms with Crippen molar-refractivity contribution in [2.24, 2.45) is 0 Å². The van der Waals surface area contributed by atoms with Gasteiger partial charge in [-0.25, -0.2) is 18.1 Å². The molecule has 1 aliphatic heterocycles. The molecule has 2 heterocycles. The Balaban J connectivity index is 1.53. The Kier molecular flexibility index (Phi) is 5.14. The third kappa shape index (κ3) is 7.88. The zero-order valence-corrected chi connectivity index (χ0v) is 21.2. The highest BCUT2D eigenvalue weighted by molar-refractivity contribution is 7.89. The highest BCUT2D eigenvalue weighted by Gasteiger charge is 2.22. The Labute approximate surface area is 233 Å². The second-order valence-electron chi connectivity index (χ2n) is 8.69. The number of nitrogens with one attached hydrogen (secondary N) is 3. The van der Waals surface area contributed by atoms with E-state index >= 15 is 0 Å². The number of anilines is 4. The predicted molar refractivity (Wildman–Crippen MR) is 147 cm³/mol. The van der Waals surface area contributed by atoms with Crippen molar-refractivity contribution in [1.82, 2.24) is 19.6 Å². The van der Waals surface area contributed by atoms with Gasteiger partial charge in [0.25, 0.3) is 0 Å². The first-order chi connectivity index (χ1) is 21.7.